The summed E-state index contributed by atoms with van der Waals surface area (Å²) < 4.78 is 28.7. The molecule has 0 fully saturated rings. The van der Waals surface area contributed by atoms with E-state index >= 15 is 0 Å². The number of rotatable bonds is 18. The molecule has 0 spiro atoms. The van der Waals surface area contributed by atoms with Gasteiger partial charge in [-0.25, -0.2) is 4.79 Å². The van der Waals surface area contributed by atoms with Crippen LogP contribution in [0.2, 0.25) is 0 Å². The van der Waals surface area contributed by atoms with Gasteiger partial charge in [-0.05, 0) is 56.4 Å². The van der Waals surface area contributed by atoms with Crippen molar-refractivity contribution in [2.75, 3.05) is 40.1 Å². The summed E-state index contributed by atoms with van der Waals surface area (Å²) in [4.78, 5) is 10.9. The second kappa shape index (κ2) is 16.0. The minimum absolute atomic E-state index is 0.00753. The van der Waals surface area contributed by atoms with Crippen LogP contribution in [0.5, 0.6) is 5.75 Å². The van der Waals surface area contributed by atoms with Gasteiger partial charge in [-0.1, -0.05) is 20.8 Å². The molecule has 178 valence electrons. The van der Waals surface area contributed by atoms with Gasteiger partial charge in [0.25, 0.3) is 0 Å². The van der Waals surface area contributed by atoms with Gasteiger partial charge in [0.2, 0.25) is 0 Å². The summed E-state index contributed by atoms with van der Waals surface area (Å²) in [6.07, 6.45) is 2.74. The zero-order valence-electron chi connectivity index (χ0n) is 19.7. The molecule has 0 heterocycles. The van der Waals surface area contributed by atoms with Crippen molar-refractivity contribution in [1.82, 2.24) is 0 Å². The highest BCUT2D eigenvalue weighted by Crippen LogP contribution is 2.17. The standard InChI is InChI=1S/C24H40O7/c1-6-21(31-17-18(2)3)16-23(30-12-11-27-5)15-19(4)28-13-14-29-22-9-7-20(8-10-22)24(25)26/h7-10,18-19,21,23H,6,11-17H2,1-5H3,(H,25,26). The molecule has 1 aromatic rings. The zero-order valence-corrected chi connectivity index (χ0v) is 19.7. The summed E-state index contributed by atoms with van der Waals surface area (Å²) in [5, 5.41) is 8.93. The van der Waals surface area contributed by atoms with Gasteiger partial charge in [-0.2, -0.15) is 0 Å². The van der Waals surface area contributed by atoms with E-state index in [9.17, 15) is 4.79 Å². The summed E-state index contributed by atoms with van der Waals surface area (Å²) in [6, 6.07) is 6.34. The minimum atomic E-state index is -0.953. The lowest BCUT2D eigenvalue weighted by molar-refractivity contribution is -0.0606. The van der Waals surface area contributed by atoms with Crippen molar-refractivity contribution in [3.8, 4) is 5.75 Å². The number of hydrogen-bond donors (Lipinski definition) is 1. The van der Waals surface area contributed by atoms with Crippen molar-refractivity contribution in [2.45, 2.75) is 65.3 Å². The van der Waals surface area contributed by atoms with Crippen molar-refractivity contribution in [3.63, 3.8) is 0 Å². The predicted molar refractivity (Wildman–Crippen MR) is 120 cm³/mol. The summed E-state index contributed by atoms with van der Waals surface area (Å²) in [7, 11) is 1.67. The molecule has 0 aromatic heterocycles. The first kappa shape index (κ1) is 27.4. The highest BCUT2D eigenvalue weighted by Gasteiger charge is 2.20. The molecule has 0 saturated carbocycles. The molecule has 0 aliphatic rings. The molecule has 3 unspecified atom stereocenters. The van der Waals surface area contributed by atoms with Crippen molar-refractivity contribution in [3.05, 3.63) is 29.8 Å². The van der Waals surface area contributed by atoms with Gasteiger partial charge < -0.3 is 28.8 Å². The smallest absolute Gasteiger partial charge is 0.335 e. The van der Waals surface area contributed by atoms with E-state index in [0.29, 0.717) is 38.1 Å². The first-order valence-electron chi connectivity index (χ1n) is 11.2. The van der Waals surface area contributed by atoms with E-state index in [-0.39, 0.29) is 23.9 Å². The van der Waals surface area contributed by atoms with Gasteiger partial charge in [-0.3, -0.25) is 0 Å². The summed E-state index contributed by atoms with van der Waals surface area (Å²) in [5.74, 6) is 0.172. The molecule has 0 amide bonds. The van der Waals surface area contributed by atoms with E-state index in [0.717, 1.165) is 25.9 Å². The summed E-state index contributed by atoms with van der Waals surface area (Å²) in [6.45, 7) is 11.2. The quantitative estimate of drug-likeness (QED) is 0.338. The van der Waals surface area contributed by atoms with Crippen LogP contribution < -0.4 is 4.74 Å². The maximum absolute atomic E-state index is 10.9. The average Bonchev–Trinajstić information content (AvgIpc) is 2.74. The molecule has 0 aliphatic carbocycles. The van der Waals surface area contributed by atoms with Gasteiger partial charge in [0.1, 0.15) is 12.4 Å². The van der Waals surface area contributed by atoms with Crippen molar-refractivity contribution in [1.29, 1.82) is 0 Å². The van der Waals surface area contributed by atoms with E-state index in [1.807, 2.05) is 6.92 Å². The van der Waals surface area contributed by atoms with E-state index in [2.05, 4.69) is 20.8 Å². The van der Waals surface area contributed by atoms with Gasteiger partial charge in [0.15, 0.2) is 0 Å². The van der Waals surface area contributed by atoms with Crippen LogP contribution in [0.3, 0.4) is 0 Å². The topological polar surface area (TPSA) is 83.5 Å². The van der Waals surface area contributed by atoms with Crippen LogP contribution >= 0.6 is 0 Å². The van der Waals surface area contributed by atoms with Crippen LogP contribution in [-0.4, -0.2) is 69.5 Å². The van der Waals surface area contributed by atoms with Crippen LogP contribution in [-0.2, 0) is 18.9 Å². The summed E-state index contributed by atoms with van der Waals surface area (Å²) >= 11 is 0. The van der Waals surface area contributed by atoms with Crippen LogP contribution in [0.4, 0.5) is 0 Å². The Bertz CT molecular complexity index is 588. The Morgan fingerprint density at radius 2 is 1.58 bits per heavy atom. The Balaban J connectivity index is 2.41. The molecule has 1 aromatic carbocycles. The van der Waals surface area contributed by atoms with Crippen molar-refractivity contribution < 1.29 is 33.6 Å². The van der Waals surface area contributed by atoms with Crippen LogP contribution in [0.25, 0.3) is 0 Å². The Hall–Kier alpha value is -1.67. The first-order chi connectivity index (χ1) is 14.8. The minimum Gasteiger partial charge on any atom is -0.491 e. The van der Waals surface area contributed by atoms with E-state index < -0.39 is 5.97 Å². The van der Waals surface area contributed by atoms with E-state index in [4.69, 9.17) is 28.8 Å². The van der Waals surface area contributed by atoms with Gasteiger partial charge in [0.05, 0.1) is 43.7 Å². The fraction of sp³-hybridized carbons (Fsp3) is 0.708. The lowest BCUT2D eigenvalue weighted by Crippen LogP contribution is -2.29. The highest BCUT2D eigenvalue weighted by atomic mass is 16.5. The number of hydrogen-bond acceptors (Lipinski definition) is 6. The number of carboxylic acid groups (broad SMARTS) is 1. The number of aromatic carboxylic acids is 1. The Kier molecular flexibility index (Phi) is 14.2. The molecule has 7 nitrogen and oxygen atoms in total. The molecule has 0 bridgehead atoms. The predicted octanol–water partition coefficient (Wildman–Crippen LogP) is 4.43. The lowest BCUT2D eigenvalue weighted by Gasteiger charge is -2.26. The largest absolute Gasteiger partial charge is 0.491 e. The molecule has 7 heteroatoms. The number of benzene rings is 1. The number of carboxylic acids is 1. The van der Waals surface area contributed by atoms with Crippen LogP contribution in [0.1, 0.15) is 57.3 Å². The van der Waals surface area contributed by atoms with Crippen LogP contribution in [0.15, 0.2) is 24.3 Å². The Labute approximate surface area is 187 Å². The van der Waals surface area contributed by atoms with Gasteiger partial charge >= 0.3 is 5.97 Å². The first-order valence-corrected chi connectivity index (χ1v) is 11.2. The molecular formula is C24H40O7. The molecular weight excluding hydrogens is 400 g/mol. The fourth-order valence-electron chi connectivity index (χ4n) is 3.05. The molecule has 0 saturated heterocycles. The van der Waals surface area contributed by atoms with Gasteiger partial charge in [-0.15, -0.1) is 0 Å². The molecule has 0 aliphatic heterocycles. The molecule has 0 radical (unpaired) electrons. The highest BCUT2D eigenvalue weighted by molar-refractivity contribution is 5.87. The van der Waals surface area contributed by atoms with E-state index in [1.165, 1.54) is 12.1 Å². The SMILES string of the molecule is CCC(CC(CC(C)OCCOc1ccc(C(=O)O)cc1)OCCOC)OCC(C)C. The van der Waals surface area contributed by atoms with Crippen molar-refractivity contribution >= 4 is 5.97 Å². The number of ether oxygens (including phenoxy) is 5. The molecule has 31 heavy (non-hydrogen) atoms. The fourth-order valence-corrected chi connectivity index (χ4v) is 3.05. The van der Waals surface area contributed by atoms with Crippen LogP contribution in [0, 0.1) is 5.92 Å². The number of methoxy groups -OCH3 is 1. The maximum Gasteiger partial charge on any atom is 0.335 e. The maximum atomic E-state index is 10.9. The summed E-state index contributed by atoms with van der Waals surface area (Å²) in [5.41, 5.74) is 0.236. The number of carbonyl (C=O) groups is 1. The molecule has 1 N–H and O–H groups in total. The molecule has 1 rings (SSSR count). The zero-order chi connectivity index (χ0) is 23.1. The third-order valence-electron chi connectivity index (χ3n) is 4.74. The average molecular weight is 441 g/mol. The monoisotopic (exact) mass is 440 g/mol. The Morgan fingerprint density at radius 1 is 0.903 bits per heavy atom. The van der Waals surface area contributed by atoms with Gasteiger partial charge in [0, 0.05) is 13.7 Å². The second-order valence-corrected chi connectivity index (χ2v) is 8.07. The third-order valence-corrected chi connectivity index (χ3v) is 4.74. The molecule has 3 atom stereocenters. The Morgan fingerprint density at radius 3 is 2.16 bits per heavy atom. The lowest BCUT2D eigenvalue weighted by atomic mass is 10.0. The normalized spacial score (nSPS) is 14.4. The second-order valence-electron chi connectivity index (χ2n) is 8.07. The third kappa shape index (κ3) is 12.7. The van der Waals surface area contributed by atoms with E-state index in [1.54, 1.807) is 19.2 Å². The van der Waals surface area contributed by atoms with Crippen molar-refractivity contribution in [2.24, 2.45) is 5.92 Å².